The first-order valence-corrected chi connectivity index (χ1v) is 5.76. The first-order chi connectivity index (χ1) is 8.29. The van der Waals surface area contributed by atoms with E-state index in [2.05, 4.69) is 52.8 Å². The molecule has 0 saturated carbocycles. The molecule has 3 rings (SSSR count). The maximum absolute atomic E-state index is 4.59. The molecule has 0 saturated heterocycles. The summed E-state index contributed by atoms with van der Waals surface area (Å²) >= 11 is 0. The second-order valence-electron chi connectivity index (χ2n) is 4.24. The molecular formula is C15H14N2. The van der Waals surface area contributed by atoms with Gasteiger partial charge in [-0.15, -0.1) is 0 Å². The number of hydrogen-bond donors (Lipinski definition) is 1. The van der Waals surface area contributed by atoms with Gasteiger partial charge in [0.2, 0.25) is 0 Å². The summed E-state index contributed by atoms with van der Waals surface area (Å²) in [6.45, 7) is 2.02. The van der Waals surface area contributed by atoms with Crippen LogP contribution in [0.5, 0.6) is 0 Å². The standard InChI is InChI=1S/C15H14N2/c1-10-9-14(16-2)15-12-6-4-3-5-11(12)7-8-13(15)17-10/h3-9H,1-2H3,(H,16,17). The molecule has 0 aliphatic rings. The normalized spacial score (nSPS) is 10.9. The molecule has 17 heavy (non-hydrogen) atoms. The van der Waals surface area contributed by atoms with E-state index in [4.69, 9.17) is 0 Å². The minimum Gasteiger partial charge on any atom is -0.388 e. The molecule has 0 fully saturated rings. The molecule has 3 aromatic rings. The van der Waals surface area contributed by atoms with E-state index in [1.165, 1.54) is 16.2 Å². The molecule has 0 bridgehead atoms. The first-order valence-electron chi connectivity index (χ1n) is 5.76. The Morgan fingerprint density at radius 2 is 1.88 bits per heavy atom. The molecule has 1 aromatic heterocycles. The lowest BCUT2D eigenvalue weighted by Crippen LogP contribution is -1.94. The van der Waals surface area contributed by atoms with Crippen molar-refractivity contribution < 1.29 is 0 Å². The van der Waals surface area contributed by atoms with Gasteiger partial charge in [0.15, 0.2) is 0 Å². The minimum absolute atomic E-state index is 1.04. The van der Waals surface area contributed by atoms with E-state index in [1.54, 1.807) is 0 Å². The highest BCUT2D eigenvalue weighted by Crippen LogP contribution is 2.30. The number of anilines is 1. The highest BCUT2D eigenvalue weighted by molar-refractivity contribution is 6.12. The van der Waals surface area contributed by atoms with Crippen LogP contribution < -0.4 is 5.32 Å². The molecular weight excluding hydrogens is 208 g/mol. The average Bonchev–Trinajstić information content (AvgIpc) is 2.37. The van der Waals surface area contributed by atoms with E-state index in [9.17, 15) is 0 Å². The number of aromatic nitrogens is 1. The van der Waals surface area contributed by atoms with Crippen molar-refractivity contribution in [1.29, 1.82) is 0 Å². The van der Waals surface area contributed by atoms with Crippen molar-refractivity contribution in [3.8, 4) is 0 Å². The van der Waals surface area contributed by atoms with E-state index in [0.29, 0.717) is 0 Å². The van der Waals surface area contributed by atoms with Crippen LogP contribution in [0.25, 0.3) is 21.7 Å². The van der Waals surface area contributed by atoms with Crippen LogP contribution in [0.15, 0.2) is 42.5 Å². The van der Waals surface area contributed by atoms with E-state index >= 15 is 0 Å². The molecule has 0 spiro atoms. The third-order valence-corrected chi connectivity index (χ3v) is 3.10. The number of nitrogens with one attached hydrogen (secondary N) is 1. The second kappa shape index (κ2) is 3.74. The third kappa shape index (κ3) is 1.53. The van der Waals surface area contributed by atoms with Gasteiger partial charge in [0.25, 0.3) is 0 Å². The fraction of sp³-hybridized carbons (Fsp3) is 0.133. The summed E-state index contributed by atoms with van der Waals surface area (Å²) in [6.07, 6.45) is 0. The molecule has 0 atom stereocenters. The van der Waals surface area contributed by atoms with Crippen molar-refractivity contribution in [2.75, 3.05) is 12.4 Å². The number of nitrogens with zero attached hydrogens (tertiary/aromatic N) is 1. The van der Waals surface area contributed by atoms with Gasteiger partial charge >= 0.3 is 0 Å². The molecule has 2 nitrogen and oxygen atoms in total. The largest absolute Gasteiger partial charge is 0.388 e. The number of rotatable bonds is 1. The van der Waals surface area contributed by atoms with Gasteiger partial charge in [0.1, 0.15) is 0 Å². The Bertz CT molecular complexity index is 702. The van der Waals surface area contributed by atoms with Crippen molar-refractivity contribution in [3.63, 3.8) is 0 Å². The van der Waals surface area contributed by atoms with Gasteiger partial charge < -0.3 is 5.32 Å². The van der Waals surface area contributed by atoms with E-state index in [1.807, 2.05) is 14.0 Å². The van der Waals surface area contributed by atoms with Crippen LogP contribution in [-0.2, 0) is 0 Å². The lowest BCUT2D eigenvalue weighted by molar-refractivity contribution is 1.25. The predicted octanol–water partition coefficient (Wildman–Crippen LogP) is 3.74. The molecule has 84 valence electrons. The molecule has 0 aliphatic carbocycles. The number of aryl methyl sites for hydroxylation is 1. The van der Waals surface area contributed by atoms with Crippen molar-refractivity contribution in [1.82, 2.24) is 4.98 Å². The van der Waals surface area contributed by atoms with Crippen LogP contribution in [-0.4, -0.2) is 12.0 Å². The SMILES string of the molecule is CNc1cc(C)nc2ccc3ccccc3c12. The zero-order valence-corrected chi connectivity index (χ0v) is 9.99. The van der Waals surface area contributed by atoms with Crippen LogP contribution in [0.4, 0.5) is 5.69 Å². The van der Waals surface area contributed by atoms with E-state index in [-0.39, 0.29) is 0 Å². The van der Waals surface area contributed by atoms with Crippen LogP contribution >= 0.6 is 0 Å². The predicted molar refractivity (Wildman–Crippen MR) is 73.5 cm³/mol. The van der Waals surface area contributed by atoms with Crippen LogP contribution in [0, 0.1) is 6.92 Å². The number of pyridine rings is 1. The Morgan fingerprint density at radius 1 is 1.06 bits per heavy atom. The molecule has 0 aliphatic heterocycles. The molecule has 0 radical (unpaired) electrons. The lowest BCUT2D eigenvalue weighted by atomic mass is 10.0. The number of fused-ring (bicyclic) bond motifs is 3. The zero-order chi connectivity index (χ0) is 11.8. The van der Waals surface area contributed by atoms with Crippen LogP contribution in [0.2, 0.25) is 0 Å². The highest BCUT2D eigenvalue weighted by Gasteiger charge is 2.06. The van der Waals surface area contributed by atoms with Gasteiger partial charge in [-0.25, -0.2) is 0 Å². The lowest BCUT2D eigenvalue weighted by Gasteiger charge is -2.10. The topological polar surface area (TPSA) is 24.9 Å². The number of benzene rings is 2. The summed E-state index contributed by atoms with van der Waals surface area (Å²) in [4.78, 5) is 4.59. The fourth-order valence-corrected chi connectivity index (χ4v) is 2.34. The van der Waals surface area contributed by atoms with Gasteiger partial charge in [0.05, 0.1) is 5.52 Å². The monoisotopic (exact) mass is 222 g/mol. The quantitative estimate of drug-likeness (QED) is 0.634. The molecule has 2 heteroatoms. The molecule has 0 unspecified atom stereocenters. The van der Waals surface area contributed by atoms with E-state index in [0.717, 1.165) is 16.9 Å². The fourth-order valence-electron chi connectivity index (χ4n) is 2.34. The Labute approximate surface area is 100 Å². The Balaban J connectivity index is 2.56. The Kier molecular flexibility index (Phi) is 2.22. The summed E-state index contributed by atoms with van der Waals surface area (Å²) < 4.78 is 0. The molecule has 0 amide bonds. The maximum Gasteiger partial charge on any atom is 0.0732 e. The zero-order valence-electron chi connectivity index (χ0n) is 9.99. The summed E-state index contributed by atoms with van der Waals surface area (Å²) in [5.41, 5.74) is 3.23. The molecule has 2 aromatic carbocycles. The third-order valence-electron chi connectivity index (χ3n) is 3.10. The minimum atomic E-state index is 1.04. The van der Waals surface area contributed by atoms with Gasteiger partial charge in [-0.1, -0.05) is 30.3 Å². The second-order valence-corrected chi connectivity index (χ2v) is 4.24. The Morgan fingerprint density at radius 3 is 2.71 bits per heavy atom. The van der Waals surface area contributed by atoms with Gasteiger partial charge in [-0.3, -0.25) is 4.98 Å². The maximum atomic E-state index is 4.59. The summed E-state index contributed by atoms with van der Waals surface area (Å²) in [5.74, 6) is 0. The summed E-state index contributed by atoms with van der Waals surface area (Å²) in [7, 11) is 1.95. The van der Waals surface area contributed by atoms with Crippen molar-refractivity contribution >= 4 is 27.4 Å². The number of hydrogen-bond acceptors (Lipinski definition) is 2. The highest BCUT2D eigenvalue weighted by atomic mass is 14.8. The van der Waals surface area contributed by atoms with Gasteiger partial charge in [-0.2, -0.15) is 0 Å². The Hall–Kier alpha value is -2.09. The van der Waals surface area contributed by atoms with Crippen LogP contribution in [0.1, 0.15) is 5.69 Å². The van der Waals surface area contributed by atoms with Crippen LogP contribution in [0.3, 0.4) is 0 Å². The van der Waals surface area contributed by atoms with Crippen molar-refractivity contribution in [3.05, 3.63) is 48.2 Å². The summed E-state index contributed by atoms with van der Waals surface area (Å²) in [5, 5.41) is 6.97. The summed E-state index contributed by atoms with van der Waals surface area (Å²) in [6, 6.07) is 14.7. The van der Waals surface area contributed by atoms with Gasteiger partial charge in [-0.05, 0) is 29.8 Å². The smallest absolute Gasteiger partial charge is 0.0732 e. The average molecular weight is 222 g/mol. The molecule has 1 N–H and O–H groups in total. The van der Waals surface area contributed by atoms with Gasteiger partial charge in [0, 0.05) is 23.8 Å². The van der Waals surface area contributed by atoms with Crippen molar-refractivity contribution in [2.24, 2.45) is 0 Å². The first kappa shape index (κ1) is 10.1. The van der Waals surface area contributed by atoms with Crippen molar-refractivity contribution in [2.45, 2.75) is 6.92 Å². The van der Waals surface area contributed by atoms with E-state index < -0.39 is 0 Å². The molecule has 1 heterocycles.